The third-order valence-corrected chi connectivity index (χ3v) is 3.28. The van der Waals surface area contributed by atoms with Gasteiger partial charge < -0.3 is 10.2 Å². The van der Waals surface area contributed by atoms with Crippen LogP contribution in [0.4, 0.5) is 13.2 Å². The Morgan fingerprint density at radius 2 is 1.65 bits per heavy atom. The zero-order chi connectivity index (χ0) is 15.3. The molecule has 1 aromatic carbocycles. The van der Waals surface area contributed by atoms with Gasteiger partial charge in [0.1, 0.15) is 0 Å². The lowest BCUT2D eigenvalue weighted by Gasteiger charge is -2.22. The molecule has 0 amide bonds. The molecule has 2 nitrogen and oxygen atoms in total. The second-order valence-electron chi connectivity index (χ2n) is 5.50. The van der Waals surface area contributed by atoms with Crippen molar-refractivity contribution in [2.45, 2.75) is 38.5 Å². The van der Waals surface area contributed by atoms with Gasteiger partial charge in [-0.15, -0.1) is 0 Å². The van der Waals surface area contributed by atoms with Crippen LogP contribution in [0, 0.1) is 0 Å². The molecule has 0 fully saturated rings. The van der Waals surface area contributed by atoms with Crippen LogP contribution in [0.2, 0.25) is 0 Å². The molecule has 114 valence electrons. The first-order chi connectivity index (χ1) is 9.20. The smallest absolute Gasteiger partial charge is 0.309 e. The van der Waals surface area contributed by atoms with E-state index in [4.69, 9.17) is 0 Å². The van der Waals surface area contributed by atoms with Gasteiger partial charge >= 0.3 is 6.18 Å². The summed E-state index contributed by atoms with van der Waals surface area (Å²) in [7, 11) is 4.04. The van der Waals surface area contributed by atoms with Crippen molar-refractivity contribution in [1.29, 1.82) is 0 Å². The van der Waals surface area contributed by atoms with Gasteiger partial charge in [0.25, 0.3) is 0 Å². The normalized spacial score (nSPS) is 15.4. The molecule has 0 aliphatic rings. The van der Waals surface area contributed by atoms with Crippen LogP contribution in [0.3, 0.4) is 0 Å². The first-order valence-electron chi connectivity index (χ1n) is 6.78. The van der Waals surface area contributed by atoms with Gasteiger partial charge in [-0.2, -0.15) is 13.2 Å². The molecule has 20 heavy (non-hydrogen) atoms. The van der Waals surface area contributed by atoms with Crippen LogP contribution in [0.25, 0.3) is 0 Å². The molecule has 1 N–H and O–H groups in total. The van der Waals surface area contributed by atoms with Gasteiger partial charge in [-0.1, -0.05) is 12.1 Å². The highest BCUT2D eigenvalue weighted by molar-refractivity contribution is 5.26. The second kappa shape index (κ2) is 7.09. The Bertz CT molecular complexity index is 399. The molecule has 0 radical (unpaired) electrons. The average molecular weight is 288 g/mol. The van der Waals surface area contributed by atoms with Crippen LogP contribution in [0.1, 0.15) is 37.4 Å². The Kier molecular flexibility index (Phi) is 6.02. The molecule has 1 rings (SSSR count). The zero-order valence-electron chi connectivity index (χ0n) is 12.5. The summed E-state index contributed by atoms with van der Waals surface area (Å²) < 4.78 is 37.5. The maximum Gasteiger partial charge on any atom is 0.416 e. The molecule has 2 atom stereocenters. The standard InChI is InChI=1S/C15H23F3N2/c1-11(9-10-20(3)4)19-12(2)13-5-7-14(8-6-13)15(16,17)18/h5-8,11-12,19H,9-10H2,1-4H3. The van der Waals surface area contributed by atoms with E-state index in [1.54, 1.807) is 12.1 Å². The Morgan fingerprint density at radius 1 is 1.10 bits per heavy atom. The average Bonchev–Trinajstić information content (AvgIpc) is 2.35. The van der Waals surface area contributed by atoms with Crippen LogP contribution in [-0.2, 0) is 6.18 Å². The number of alkyl halides is 3. The summed E-state index contributed by atoms with van der Waals surface area (Å²) in [5.41, 5.74) is 0.267. The van der Waals surface area contributed by atoms with Crippen LogP contribution in [0.15, 0.2) is 24.3 Å². The second-order valence-corrected chi connectivity index (χ2v) is 5.50. The third-order valence-electron chi connectivity index (χ3n) is 3.28. The highest BCUT2D eigenvalue weighted by atomic mass is 19.4. The van der Waals surface area contributed by atoms with Crippen molar-refractivity contribution in [1.82, 2.24) is 10.2 Å². The summed E-state index contributed by atoms with van der Waals surface area (Å²) in [6.07, 6.45) is -3.27. The Hall–Kier alpha value is -1.07. The summed E-state index contributed by atoms with van der Waals surface area (Å²) in [5, 5.41) is 3.40. The van der Waals surface area contributed by atoms with E-state index in [2.05, 4.69) is 17.1 Å². The van der Waals surface area contributed by atoms with Gasteiger partial charge in [0, 0.05) is 12.1 Å². The van der Waals surface area contributed by atoms with E-state index in [1.807, 2.05) is 21.0 Å². The molecule has 0 saturated heterocycles. The fourth-order valence-electron chi connectivity index (χ4n) is 2.02. The Labute approximate surface area is 119 Å². The first-order valence-corrected chi connectivity index (χ1v) is 6.78. The number of hydrogen-bond donors (Lipinski definition) is 1. The molecular weight excluding hydrogens is 265 g/mol. The Balaban J connectivity index is 2.57. The van der Waals surface area contributed by atoms with Crippen molar-refractivity contribution < 1.29 is 13.2 Å². The fraction of sp³-hybridized carbons (Fsp3) is 0.600. The minimum absolute atomic E-state index is 0.0365. The topological polar surface area (TPSA) is 15.3 Å². The Morgan fingerprint density at radius 3 is 2.10 bits per heavy atom. The molecule has 0 saturated carbocycles. The molecule has 0 bridgehead atoms. The molecule has 2 unspecified atom stereocenters. The van der Waals surface area contributed by atoms with Gasteiger partial charge in [-0.25, -0.2) is 0 Å². The van der Waals surface area contributed by atoms with Crippen molar-refractivity contribution >= 4 is 0 Å². The predicted octanol–water partition coefficient (Wildman–Crippen LogP) is 3.70. The minimum atomic E-state index is -4.27. The van der Waals surface area contributed by atoms with E-state index in [9.17, 15) is 13.2 Å². The number of nitrogens with zero attached hydrogens (tertiary/aromatic N) is 1. The monoisotopic (exact) mass is 288 g/mol. The summed E-state index contributed by atoms with van der Waals surface area (Å²) in [4.78, 5) is 2.11. The van der Waals surface area contributed by atoms with Crippen molar-refractivity contribution in [2.24, 2.45) is 0 Å². The molecule has 0 heterocycles. The highest BCUT2D eigenvalue weighted by Crippen LogP contribution is 2.29. The number of nitrogens with one attached hydrogen (secondary N) is 1. The number of benzene rings is 1. The highest BCUT2D eigenvalue weighted by Gasteiger charge is 2.30. The van der Waals surface area contributed by atoms with E-state index < -0.39 is 11.7 Å². The van der Waals surface area contributed by atoms with Crippen LogP contribution in [0.5, 0.6) is 0 Å². The van der Waals surface area contributed by atoms with Crippen molar-refractivity contribution in [2.75, 3.05) is 20.6 Å². The van der Waals surface area contributed by atoms with Gasteiger partial charge in [0.15, 0.2) is 0 Å². The largest absolute Gasteiger partial charge is 0.416 e. The van der Waals surface area contributed by atoms with E-state index in [0.29, 0.717) is 6.04 Å². The summed E-state index contributed by atoms with van der Waals surface area (Å²) in [6.45, 7) is 5.03. The van der Waals surface area contributed by atoms with Gasteiger partial charge in [-0.05, 0) is 58.6 Å². The molecule has 5 heteroatoms. The van der Waals surface area contributed by atoms with E-state index in [1.165, 1.54) is 0 Å². The maximum atomic E-state index is 12.5. The molecule has 0 aliphatic carbocycles. The predicted molar refractivity (Wildman–Crippen MR) is 75.6 cm³/mol. The third kappa shape index (κ3) is 5.51. The van der Waals surface area contributed by atoms with E-state index >= 15 is 0 Å². The van der Waals surface area contributed by atoms with Crippen molar-refractivity contribution in [3.63, 3.8) is 0 Å². The summed E-state index contributed by atoms with van der Waals surface area (Å²) in [6, 6.07) is 5.71. The van der Waals surface area contributed by atoms with Crippen LogP contribution < -0.4 is 5.32 Å². The van der Waals surface area contributed by atoms with Crippen molar-refractivity contribution in [3.8, 4) is 0 Å². The van der Waals surface area contributed by atoms with Gasteiger partial charge in [0.2, 0.25) is 0 Å². The lowest BCUT2D eigenvalue weighted by Crippen LogP contribution is -2.31. The maximum absolute atomic E-state index is 12.5. The molecular formula is C15H23F3N2. The van der Waals surface area contributed by atoms with Gasteiger partial charge in [0.05, 0.1) is 5.56 Å². The fourth-order valence-corrected chi connectivity index (χ4v) is 2.02. The molecule has 0 spiro atoms. The van der Waals surface area contributed by atoms with E-state index in [0.717, 1.165) is 30.7 Å². The number of hydrogen-bond acceptors (Lipinski definition) is 2. The molecule has 0 aromatic heterocycles. The van der Waals surface area contributed by atoms with Crippen LogP contribution in [-0.4, -0.2) is 31.6 Å². The molecule has 0 aliphatic heterocycles. The van der Waals surface area contributed by atoms with E-state index in [-0.39, 0.29) is 6.04 Å². The lowest BCUT2D eigenvalue weighted by atomic mass is 10.0. The molecule has 1 aromatic rings. The van der Waals surface area contributed by atoms with Crippen LogP contribution >= 0.6 is 0 Å². The minimum Gasteiger partial charge on any atom is -0.309 e. The van der Waals surface area contributed by atoms with Crippen molar-refractivity contribution in [3.05, 3.63) is 35.4 Å². The number of halogens is 3. The quantitative estimate of drug-likeness (QED) is 0.858. The lowest BCUT2D eigenvalue weighted by molar-refractivity contribution is -0.137. The first kappa shape index (κ1) is 17.0. The number of rotatable bonds is 6. The summed E-state index contributed by atoms with van der Waals surface area (Å²) >= 11 is 0. The summed E-state index contributed by atoms with van der Waals surface area (Å²) in [5.74, 6) is 0. The SMILES string of the molecule is CC(CCN(C)C)NC(C)c1ccc(C(F)(F)F)cc1. The zero-order valence-corrected chi connectivity index (χ0v) is 12.5. The van der Waals surface area contributed by atoms with Gasteiger partial charge in [-0.3, -0.25) is 0 Å².